The molecule has 0 bridgehead atoms. The van der Waals surface area contributed by atoms with Gasteiger partial charge in [0, 0.05) is 71.9 Å². The number of anilines is 1. The monoisotopic (exact) mass is 694 g/mol. The molecule has 0 radical (unpaired) electrons. The number of thiophene rings is 1. The Morgan fingerprint density at radius 3 is 2.56 bits per heavy atom. The van der Waals surface area contributed by atoms with Crippen LogP contribution in [-0.4, -0.2) is 60.5 Å². The van der Waals surface area contributed by atoms with Crippen molar-refractivity contribution in [3.63, 3.8) is 0 Å². The minimum atomic E-state index is -0.611. The molecule has 3 fully saturated rings. The van der Waals surface area contributed by atoms with Crippen LogP contribution in [0.25, 0.3) is 11.3 Å². The molecule has 2 saturated carbocycles. The highest BCUT2D eigenvalue weighted by atomic mass is 32.1. The Balaban J connectivity index is 0.782. The van der Waals surface area contributed by atoms with Crippen LogP contribution in [0.2, 0.25) is 0 Å². The second-order valence-electron chi connectivity index (χ2n) is 14.0. The molecule has 3 N–H and O–H groups in total. The van der Waals surface area contributed by atoms with Gasteiger partial charge in [-0.3, -0.25) is 24.4 Å². The van der Waals surface area contributed by atoms with Crippen molar-refractivity contribution in [3.05, 3.63) is 75.4 Å². The van der Waals surface area contributed by atoms with Gasteiger partial charge in [0.1, 0.15) is 18.4 Å². The molecule has 1 aromatic carbocycles. The molecule has 260 valence electrons. The predicted octanol–water partition coefficient (Wildman–Crippen LogP) is 4.74. The van der Waals surface area contributed by atoms with Crippen LogP contribution < -0.4 is 20.7 Å². The molecule has 8 rings (SSSR count). The van der Waals surface area contributed by atoms with Crippen LogP contribution in [-0.2, 0) is 42.8 Å². The summed E-state index contributed by atoms with van der Waals surface area (Å²) in [6, 6.07) is 10.3. The molecule has 50 heavy (non-hydrogen) atoms. The van der Waals surface area contributed by atoms with Gasteiger partial charge in [0.15, 0.2) is 0 Å². The zero-order valence-corrected chi connectivity index (χ0v) is 29.0. The molecule has 13 heteroatoms. The Kier molecular flexibility index (Phi) is 9.09. The number of amides is 3. The third-order valence-electron chi connectivity index (χ3n) is 10.5. The number of aromatic nitrogens is 4. The topological polar surface area (TPSA) is 143 Å². The Morgan fingerprint density at radius 1 is 0.980 bits per heavy atom. The van der Waals surface area contributed by atoms with E-state index in [-0.39, 0.29) is 18.2 Å². The Labute approximate surface area is 295 Å². The number of ether oxygens (including phenoxy) is 1. The van der Waals surface area contributed by atoms with Crippen molar-refractivity contribution in [1.29, 1.82) is 0 Å². The molecular formula is C37H42N8O4S. The number of fused-ring (bicyclic) bond motifs is 1. The molecule has 1 unspecified atom stereocenters. The molecule has 4 aromatic rings. The van der Waals surface area contributed by atoms with Crippen molar-refractivity contribution >= 4 is 35.0 Å². The molecule has 3 amide bonds. The lowest BCUT2D eigenvalue weighted by Crippen LogP contribution is -2.52. The first-order valence-corrected chi connectivity index (χ1v) is 18.6. The highest BCUT2D eigenvalue weighted by Gasteiger charge is 2.40. The zero-order chi connectivity index (χ0) is 34.2. The average molecular weight is 695 g/mol. The molecule has 2 aliphatic carbocycles. The Morgan fingerprint density at radius 2 is 1.78 bits per heavy atom. The standard InChI is InChI=1S/C37H42N8O4S/c1-44-32(16-22-2-3-22)27(18-40-44)30-14-15-38-37(42-30)41-25-8-6-24(7-9-25)39-17-23-4-10-26(11-5-23)49-20-33-28-19-45(36(48)29(28)21-50-33)31-12-13-34(46)43-35(31)47/h4-5,10-11,14-15,18,21-22,24-25,31,39H,2-3,6-9,12-13,16-17,19-20H2,1H3,(H,38,41,42)(H,43,46,47). The summed E-state index contributed by atoms with van der Waals surface area (Å²) < 4.78 is 8.10. The minimum absolute atomic E-state index is 0.156. The van der Waals surface area contributed by atoms with Gasteiger partial charge in [-0.25, -0.2) is 9.97 Å². The van der Waals surface area contributed by atoms with E-state index < -0.39 is 11.9 Å². The largest absolute Gasteiger partial charge is 0.488 e. The molecule has 1 atom stereocenters. The van der Waals surface area contributed by atoms with E-state index in [4.69, 9.17) is 9.72 Å². The summed E-state index contributed by atoms with van der Waals surface area (Å²) >= 11 is 1.50. The number of nitrogens with zero attached hydrogens (tertiary/aromatic N) is 5. The van der Waals surface area contributed by atoms with Gasteiger partial charge in [0.2, 0.25) is 17.8 Å². The van der Waals surface area contributed by atoms with Crippen molar-refractivity contribution < 1.29 is 19.1 Å². The third kappa shape index (κ3) is 7.02. The summed E-state index contributed by atoms with van der Waals surface area (Å²) in [5.41, 5.74) is 6.04. The lowest BCUT2D eigenvalue weighted by molar-refractivity contribution is -0.136. The minimum Gasteiger partial charge on any atom is -0.488 e. The summed E-state index contributed by atoms with van der Waals surface area (Å²) in [6.07, 6.45) is 12.3. The van der Waals surface area contributed by atoms with Gasteiger partial charge in [-0.2, -0.15) is 5.10 Å². The normalized spacial score (nSPS) is 22.1. The number of piperidine rings is 1. The fourth-order valence-corrected chi connectivity index (χ4v) is 8.30. The second kappa shape index (κ2) is 13.9. The number of imide groups is 1. The highest BCUT2D eigenvalue weighted by Crippen LogP contribution is 2.36. The summed E-state index contributed by atoms with van der Waals surface area (Å²) in [4.78, 5) is 48.9. The summed E-state index contributed by atoms with van der Waals surface area (Å²) in [7, 11) is 2.02. The molecule has 2 aliphatic heterocycles. The number of carbonyl (C=O) groups is 3. The van der Waals surface area contributed by atoms with Crippen molar-refractivity contribution in [2.24, 2.45) is 13.0 Å². The maximum atomic E-state index is 13.0. The van der Waals surface area contributed by atoms with Gasteiger partial charge < -0.3 is 20.3 Å². The smallest absolute Gasteiger partial charge is 0.256 e. The quantitative estimate of drug-likeness (QED) is 0.179. The van der Waals surface area contributed by atoms with Crippen molar-refractivity contribution in [2.45, 2.75) is 95.6 Å². The predicted molar refractivity (Wildman–Crippen MR) is 188 cm³/mol. The first kappa shape index (κ1) is 32.6. The Bertz CT molecular complexity index is 1890. The van der Waals surface area contributed by atoms with Crippen molar-refractivity contribution in [1.82, 2.24) is 35.3 Å². The van der Waals surface area contributed by atoms with Gasteiger partial charge in [-0.05, 0) is 81.0 Å². The molecule has 0 spiro atoms. The molecule has 4 aliphatic rings. The van der Waals surface area contributed by atoms with E-state index >= 15 is 0 Å². The van der Waals surface area contributed by atoms with E-state index in [1.54, 1.807) is 4.90 Å². The molecule has 1 saturated heterocycles. The van der Waals surface area contributed by atoms with Crippen molar-refractivity contribution in [3.8, 4) is 17.0 Å². The van der Waals surface area contributed by atoms with Gasteiger partial charge >= 0.3 is 0 Å². The first-order valence-electron chi connectivity index (χ1n) is 17.7. The lowest BCUT2D eigenvalue weighted by atomic mass is 9.91. The van der Waals surface area contributed by atoms with Crippen LogP contribution in [0.4, 0.5) is 5.95 Å². The summed E-state index contributed by atoms with van der Waals surface area (Å²) in [5.74, 6) is 1.40. The summed E-state index contributed by atoms with van der Waals surface area (Å²) in [5, 5.41) is 16.0. The molecule has 3 aromatic heterocycles. The third-order valence-corrected chi connectivity index (χ3v) is 11.5. The molecule has 12 nitrogen and oxygen atoms in total. The Hall–Kier alpha value is -4.62. The van der Waals surface area contributed by atoms with Crippen LogP contribution in [0.5, 0.6) is 5.75 Å². The van der Waals surface area contributed by atoms with Gasteiger partial charge in [-0.1, -0.05) is 12.1 Å². The SMILES string of the molecule is Cn1ncc(-c2ccnc(NC3CCC(NCc4ccc(OCc5scc6c5CN(C5CCC(=O)NC5=O)C6=O)cc4)CC3)n2)c1CC1CC1. The van der Waals surface area contributed by atoms with Crippen LogP contribution in [0, 0.1) is 5.92 Å². The number of rotatable bonds is 12. The lowest BCUT2D eigenvalue weighted by Gasteiger charge is -2.30. The van der Waals surface area contributed by atoms with E-state index in [0.717, 1.165) is 72.0 Å². The number of carbonyl (C=O) groups excluding carboxylic acids is 3. The van der Waals surface area contributed by atoms with Gasteiger partial charge in [0.25, 0.3) is 5.91 Å². The number of hydrogen-bond acceptors (Lipinski definition) is 10. The number of benzene rings is 1. The zero-order valence-electron chi connectivity index (χ0n) is 28.2. The van der Waals surface area contributed by atoms with E-state index in [0.29, 0.717) is 43.2 Å². The molecule has 5 heterocycles. The number of nitrogens with one attached hydrogen (secondary N) is 3. The maximum absolute atomic E-state index is 13.0. The van der Waals surface area contributed by atoms with Crippen molar-refractivity contribution in [2.75, 3.05) is 5.32 Å². The fraction of sp³-hybridized carbons (Fsp3) is 0.459. The van der Waals surface area contributed by atoms with Crippen LogP contribution in [0.3, 0.4) is 0 Å². The number of aryl methyl sites for hydroxylation is 1. The highest BCUT2D eigenvalue weighted by molar-refractivity contribution is 7.10. The average Bonchev–Trinajstić information content (AvgIpc) is 3.62. The van der Waals surface area contributed by atoms with E-state index in [1.165, 1.54) is 35.4 Å². The van der Waals surface area contributed by atoms with E-state index in [1.807, 2.05) is 47.7 Å². The van der Waals surface area contributed by atoms with E-state index in [2.05, 4.69) is 38.2 Å². The maximum Gasteiger partial charge on any atom is 0.256 e. The fourth-order valence-electron chi connectivity index (χ4n) is 7.36. The van der Waals surface area contributed by atoms with Crippen LogP contribution >= 0.6 is 11.3 Å². The first-order chi connectivity index (χ1) is 24.4. The van der Waals surface area contributed by atoms with Crippen LogP contribution in [0.15, 0.2) is 48.1 Å². The van der Waals surface area contributed by atoms with E-state index in [9.17, 15) is 14.4 Å². The van der Waals surface area contributed by atoms with Crippen LogP contribution in [0.1, 0.15) is 83.4 Å². The number of hydrogen-bond donors (Lipinski definition) is 3. The van der Waals surface area contributed by atoms with Gasteiger partial charge in [0.05, 0.1) is 17.5 Å². The van der Waals surface area contributed by atoms with Gasteiger partial charge in [-0.15, -0.1) is 11.3 Å². The second-order valence-corrected chi connectivity index (χ2v) is 15.0. The summed E-state index contributed by atoms with van der Waals surface area (Å²) in [6.45, 7) is 1.50. The molecular weight excluding hydrogens is 653 g/mol.